The fourth-order valence-electron chi connectivity index (χ4n) is 1.64. The predicted octanol–water partition coefficient (Wildman–Crippen LogP) is 2.48. The molecule has 0 aliphatic heterocycles. The Balaban J connectivity index is 3.50. The van der Waals surface area contributed by atoms with E-state index in [4.69, 9.17) is 5.11 Å². The van der Waals surface area contributed by atoms with Gasteiger partial charge in [-0.05, 0) is 6.42 Å². The maximum atomic E-state index is 12.7. The first-order valence-electron chi connectivity index (χ1n) is 4.97. The summed E-state index contributed by atoms with van der Waals surface area (Å²) < 4.78 is 75.9. The van der Waals surface area contributed by atoms with Crippen LogP contribution in [0.5, 0.6) is 0 Å². The summed E-state index contributed by atoms with van der Waals surface area (Å²) in [4.78, 5) is 0. The van der Waals surface area contributed by atoms with Gasteiger partial charge in [0, 0.05) is 5.56 Å². The molecule has 3 nitrogen and oxygen atoms in total. The van der Waals surface area contributed by atoms with Crippen molar-refractivity contribution in [1.82, 2.24) is 9.78 Å². The van der Waals surface area contributed by atoms with Gasteiger partial charge in [0.2, 0.25) is 0 Å². The van der Waals surface area contributed by atoms with E-state index in [1.165, 1.54) is 6.92 Å². The molecule has 1 N–H and O–H groups in total. The Morgan fingerprint density at radius 2 is 1.67 bits per heavy atom. The van der Waals surface area contributed by atoms with Crippen molar-refractivity contribution in [2.45, 2.75) is 32.2 Å². The van der Waals surface area contributed by atoms with Crippen LogP contribution in [0.1, 0.15) is 23.9 Å². The molecule has 0 aromatic carbocycles. The van der Waals surface area contributed by atoms with Crippen molar-refractivity contribution in [2.75, 3.05) is 6.61 Å². The minimum atomic E-state index is -4.95. The molecule has 18 heavy (non-hydrogen) atoms. The number of aliphatic hydroxyl groups excluding tert-OH is 1. The Morgan fingerprint density at radius 1 is 1.11 bits per heavy atom. The third-order valence-electron chi connectivity index (χ3n) is 2.25. The molecule has 1 heterocycles. The average Bonchev–Trinajstić information content (AvgIpc) is 2.55. The molecule has 0 fully saturated rings. The van der Waals surface area contributed by atoms with Gasteiger partial charge in [-0.25, -0.2) is 0 Å². The van der Waals surface area contributed by atoms with Gasteiger partial charge in [0.15, 0.2) is 5.69 Å². The molecule has 0 radical (unpaired) electrons. The largest absolute Gasteiger partial charge is 0.435 e. The third kappa shape index (κ3) is 2.77. The van der Waals surface area contributed by atoms with Crippen LogP contribution in [0, 0.1) is 0 Å². The quantitative estimate of drug-likeness (QED) is 0.861. The summed E-state index contributed by atoms with van der Waals surface area (Å²) in [5.41, 5.74) is -3.90. The normalized spacial score (nSPS) is 13.1. The number of alkyl halides is 6. The molecule has 0 spiro atoms. The maximum Gasteiger partial charge on any atom is 0.435 e. The standard InChI is InChI=1S/C9H10F6N2O/c1-2-5-6(8(10,11)12)16-17(3-4-18)7(5)9(13,14)15/h18H,2-4H2,1H3. The Morgan fingerprint density at radius 3 is 2.00 bits per heavy atom. The summed E-state index contributed by atoms with van der Waals surface area (Å²) in [6.07, 6.45) is -10.3. The lowest BCUT2D eigenvalue weighted by molar-refractivity contribution is -0.145. The van der Waals surface area contributed by atoms with Gasteiger partial charge in [-0.2, -0.15) is 31.4 Å². The van der Waals surface area contributed by atoms with Gasteiger partial charge in [-0.1, -0.05) is 6.92 Å². The minimum absolute atomic E-state index is 0.154. The maximum absolute atomic E-state index is 12.7. The molecule has 1 aromatic heterocycles. The lowest BCUT2D eigenvalue weighted by Crippen LogP contribution is -2.17. The lowest BCUT2D eigenvalue weighted by Gasteiger charge is -2.11. The van der Waals surface area contributed by atoms with E-state index in [-0.39, 0.29) is 4.68 Å². The van der Waals surface area contributed by atoms with E-state index < -0.39 is 48.9 Å². The van der Waals surface area contributed by atoms with Gasteiger partial charge < -0.3 is 5.11 Å². The molecule has 1 rings (SSSR count). The van der Waals surface area contributed by atoms with Crippen molar-refractivity contribution in [3.63, 3.8) is 0 Å². The topological polar surface area (TPSA) is 38.0 Å². The highest BCUT2D eigenvalue weighted by Gasteiger charge is 2.45. The van der Waals surface area contributed by atoms with Crippen LogP contribution in [0.3, 0.4) is 0 Å². The van der Waals surface area contributed by atoms with Crippen LogP contribution in [-0.2, 0) is 25.3 Å². The van der Waals surface area contributed by atoms with Gasteiger partial charge in [0.1, 0.15) is 5.69 Å². The van der Waals surface area contributed by atoms with E-state index in [1.54, 1.807) is 0 Å². The highest BCUT2D eigenvalue weighted by atomic mass is 19.4. The number of halogens is 6. The van der Waals surface area contributed by atoms with E-state index in [0.29, 0.717) is 0 Å². The van der Waals surface area contributed by atoms with Crippen molar-refractivity contribution < 1.29 is 31.4 Å². The first kappa shape index (κ1) is 14.8. The smallest absolute Gasteiger partial charge is 0.394 e. The minimum Gasteiger partial charge on any atom is -0.394 e. The van der Waals surface area contributed by atoms with Crippen molar-refractivity contribution in [3.8, 4) is 0 Å². The third-order valence-corrected chi connectivity index (χ3v) is 2.25. The molecule has 9 heteroatoms. The highest BCUT2D eigenvalue weighted by Crippen LogP contribution is 2.39. The number of rotatable bonds is 3. The van der Waals surface area contributed by atoms with Crippen molar-refractivity contribution >= 4 is 0 Å². The van der Waals surface area contributed by atoms with Gasteiger partial charge in [0.25, 0.3) is 0 Å². The zero-order valence-electron chi connectivity index (χ0n) is 9.23. The first-order valence-corrected chi connectivity index (χ1v) is 4.97. The van der Waals surface area contributed by atoms with Crippen LogP contribution in [0.15, 0.2) is 0 Å². The zero-order valence-corrected chi connectivity index (χ0v) is 9.23. The molecule has 0 unspecified atom stereocenters. The average molecular weight is 276 g/mol. The molecule has 0 saturated heterocycles. The predicted molar refractivity (Wildman–Crippen MR) is 48.7 cm³/mol. The second kappa shape index (κ2) is 4.79. The van der Waals surface area contributed by atoms with E-state index >= 15 is 0 Å². The molecular weight excluding hydrogens is 266 g/mol. The van der Waals surface area contributed by atoms with E-state index in [1.807, 2.05) is 0 Å². The van der Waals surface area contributed by atoms with Gasteiger partial charge in [-0.15, -0.1) is 0 Å². The van der Waals surface area contributed by atoms with Gasteiger partial charge >= 0.3 is 12.4 Å². The van der Waals surface area contributed by atoms with E-state index in [0.717, 1.165) is 0 Å². The first-order chi connectivity index (χ1) is 8.12. The lowest BCUT2D eigenvalue weighted by atomic mass is 10.1. The molecule has 104 valence electrons. The molecule has 0 atom stereocenters. The summed E-state index contributed by atoms with van der Waals surface area (Å²) >= 11 is 0. The molecule has 1 aromatic rings. The second-order valence-electron chi connectivity index (χ2n) is 3.47. The zero-order chi connectivity index (χ0) is 14.1. The number of aromatic nitrogens is 2. The SMILES string of the molecule is CCc1c(C(F)(F)F)nn(CCO)c1C(F)(F)F. The number of hydrogen-bond donors (Lipinski definition) is 1. The van der Waals surface area contributed by atoms with Crippen LogP contribution in [-0.4, -0.2) is 21.5 Å². The van der Waals surface area contributed by atoms with E-state index in [9.17, 15) is 26.3 Å². The van der Waals surface area contributed by atoms with Crippen LogP contribution in [0.2, 0.25) is 0 Å². The Labute approximate surface area is 98.0 Å². The summed E-state index contributed by atoms with van der Waals surface area (Å²) in [5.74, 6) is 0. The molecule has 0 aliphatic carbocycles. The Kier molecular flexibility index (Phi) is 3.94. The molecule has 0 aliphatic rings. The summed E-state index contributed by atoms with van der Waals surface area (Å²) in [6.45, 7) is -0.187. The van der Waals surface area contributed by atoms with Gasteiger partial charge in [-0.3, -0.25) is 4.68 Å². The van der Waals surface area contributed by atoms with Crippen LogP contribution in [0.4, 0.5) is 26.3 Å². The number of hydrogen-bond acceptors (Lipinski definition) is 2. The molecule has 0 bridgehead atoms. The summed E-state index contributed by atoms with van der Waals surface area (Å²) in [5, 5.41) is 11.5. The van der Waals surface area contributed by atoms with Crippen molar-refractivity contribution in [3.05, 3.63) is 17.0 Å². The highest BCUT2D eigenvalue weighted by molar-refractivity contribution is 5.30. The fraction of sp³-hybridized carbons (Fsp3) is 0.667. The van der Waals surface area contributed by atoms with Crippen molar-refractivity contribution in [1.29, 1.82) is 0 Å². The summed E-state index contributed by atoms with van der Waals surface area (Å²) in [7, 11) is 0. The van der Waals surface area contributed by atoms with Crippen LogP contribution < -0.4 is 0 Å². The molecule has 0 saturated carbocycles. The Bertz CT molecular complexity index is 420. The number of aliphatic hydroxyl groups is 1. The summed E-state index contributed by atoms with van der Waals surface area (Å²) in [6, 6.07) is 0. The van der Waals surface area contributed by atoms with Crippen molar-refractivity contribution in [2.24, 2.45) is 0 Å². The van der Waals surface area contributed by atoms with Crippen LogP contribution >= 0.6 is 0 Å². The fourth-order valence-corrected chi connectivity index (χ4v) is 1.64. The van der Waals surface area contributed by atoms with Gasteiger partial charge in [0.05, 0.1) is 13.2 Å². The molecule has 0 amide bonds. The number of nitrogens with zero attached hydrogens (tertiary/aromatic N) is 2. The monoisotopic (exact) mass is 276 g/mol. The Hall–Kier alpha value is -1.25. The van der Waals surface area contributed by atoms with Crippen LogP contribution in [0.25, 0.3) is 0 Å². The van der Waals surface area contributed by atoms with E-state index in [2.05, 4.69) is 5.10 Å². The molecular formula is C9H10F6N2O. The second-order valence-corrected chi connectivity index (χ2v) is 3.47.